The van der Waals surface area contributed by atoms with Gasteiger partial charge in [-0.2, -0.15) is 0 Å². The minimum absolute atomic E-state index is 0.107. The molecule has 5 nitrogen and oxygen atoms in total. The van der Waals surface area contributed by atoms with E-state index in [9.17, 15) is 9.18 Å². The van der Waals surface area contributed by atoms with Gasteiger partial charge in [0.1, 0.15) is 12.4 Å². The van der Waals surface area contributed by atoms with Gasteiger partial charge in [0, 0.05) is 18.2 Å². The summed E-state index contributed by atoms with van der Waals surface area (Å²) >= 11 is 0. The number of benzene rings is 2. The molecule has 2 aromatic carbocycles. The average molecular weight is 365 g/mol. The van der Waals surface area contributed by atoms with Crippen LogP contribution < -0.4 is 4.74 Å². The smallest absolute Gasteiger partial charge is 0.254 e. The molecule has 0 radical (unpaired) electrons. The molecule has 0 bridgehead atoms. The van der Waals surface area contributed by atoms with Gasteiger partial charge in [0.2, 0.25) is 5.88 Å². The first kappa shape index (κ1) is 17.3. The lowest BCUT2D eigenvalue weighted by Gasteiger charge is -2.27. The van der Waals surface area contributed by atoms with Crippen molar-refractivity contribution in [2.24, 2.45) is 0 Å². The Hall–Kier alpha value is -3.15. The van der Waals surface area contributed by atoms with E-state index >= 15 is 0 Å². The summed E-state index contributed by atoms with van der Waals surface area (Å²) in [4.78, 5) is 14.4. The minimum atomic E-state index is -0.348. The Labute approximate surface area is 157 Å². The first-order valence-corrected chi connectivity index (χ1v) is 8.88. The molecular weight excluding hydrogens is 345 g/mol. The molecule has 1 aromatic heterocycles. The fourth-order valence-corrected chi connectivity index (χ4v) is 3.10. The Morgan fingerprint density at radius 1 is 1.11 bits per heavy atom. The molecule has 6 heteroatoms. The molecule has 0 saturated carbocycles. The number of nitrogens with zero attached hydrogens (tertiary/aromatic N) is 3. The molecule has 0 unspecified atom stereocenters. The zero-order valence-corrected chi connectivity index (χ0v) is 15.1. The van der Waals surface area contributed by atoms with Crippen molar-refractivity contribution in [2.75, 3.05) is 6.54 Å². The van der Waals surface area contributed by atoms with Gasteiger partial charge >= 0.3 is 0 Å². The normalized spacial score (nSPS) is 13.3. The second-order valence-electron chi connectivity index (χ2n) is 6.70. The first-order valence-electron chi connectivity index (χ1n) is 8.88. The van der Waals surface area contributed by atoms with Crippen LogP contribution >= 0.6 is 0 Å². The van der Waals surface area contributed by atoms with Gasteiger partial charge in [-0.15, -0.1) is 5.10 Å². The van der Waals surface area contributed by atoms with Crippen LogP contribution in [0, 0.1) is 12.7 Å². The third-order valence-corrected chi connectivity index (χ3v) is 4.66. The van der Waals surface area contributed by atoms with E-state index in [-0.39, 0.29) is 11.7 Å². The van der Waals surface area contributed by atoms with E-state index in [1.807, 2.05) is 29.8 Å². The molecule has 2 heterocycles. The zero-order valence-electron chi connectivity index (χ0n) is 15.1. The summed E-state index contributed by atoms with van der Waals surface area (Å²) < 4.78 is 20.7. The minimum Gasteiger partial charge on any atom is -0.472 e. The lowest BCUT2D eigenvalue weighted by atomic mass is 10.1. The summed E-state index contributed by atoms with van der Waals surface area (Å²) in [5, 5.41) is 4.47. The third kappa shape index (κ3) is 3.84. The standard InChI is InChI=1S/C21H20FN3O2/c1-15-2-4-16(5-3-15)14-27-20-12-19-13-24(10-11-25(19)23-20)21(26)17-6-8-18(22)9-7-17/h2-9,12H,10-11,13-14H2,1H3. The largest absolute Gasteiger partial charge is 0.472 e. The van der Waals surface area contributed by atoms with Crippen molar-refractivity contribution in [2.45, 2.75) is 26.6 Å². The highest BCUT2D eigenvalue weighted by Crippen LogP contribution is 2.20. The summed E-state index contributed by atoms with van der Waals surface area (Å²) in [5.74, 6) is 0.102. The highest BCUT2D eigenvalue weighted by Gasteiger charge is 2.23. The van der Waals surface area contributed by atoms with Crippen LogP contribution in [-0.4, -0.2) is 27.1 Å². The predicted octanol–water partition coefficient (Wildman–Crippen LogP) is 3.57. The number of fused-ring (bicyclic) bond motifs is 1. The van der Waals surface area contributed by atoms with Crippen LogP contribution in [0.1, 0.15) is 27.2 Å². The van der Waals surface area contributed by atoms with Crippen LogP contribution in [0.2, 0.25) is 0 Å². The Balaban J connectivity index is 1.42. The molecule has 0 spiro atoms. The molecule has 0 saturated heterocycles. The fourth-order valence-electron chi connectivity index (χ4n) is 3.10. The SMILES string of the molecule is Cc1ccc(COc2cc3n(n2)CCN(C(=O)c2ccc(F)cc2)C3)cc1. The zero-order chi connectivity index (χ0) is 18.8. The first-order chi connectivity index (χ1) is 13.1. The number of ether oxygens (including phenoxy) is 1. The van der Waals surface area contributed by atoms with Crippen LogP contribution in [0.5, 0.6) is 5.88 Å². The van der Waals surface area contributed by atoms with Crippen molar-refractivity contribution >= 4 is 5.91 Å². The molecular formula is C21H20FN3O2. The van der Waals surface area contributed by atoms with Gasteiger partial charge in [-0.1, -0.05) is 29.8 Å². The van der Waals surface area contributed by atoms with Crippen molar-refractivity contribution in [1.82, 2.24) is 14.7 Å². The molecule has 138 valence electrons. The van der Waals surface area contributed by atoms with E-state index in [0.717, 1.165) is 11.3 Å². The lowest BCUT2D eigenvalue weighted by molar-refractivity contribution is 0.0706. The summed E-state index contributed by atoms with van der Waals surface area (Å²) in [6, 6.07) is 15.7. The molecule has 1 aliphatic rings. The van der Waals surface area contributed by atoms with Gasteiger partial charge in [-0.25, -0.2) is 4.39 Å². The predicted molar refractivity (Wildman–Crippen MR) is 98.9 cm³/mol. The number of hydrogen-bond donors (Lipinski definition) is 0. The van der Waals surface area contributed by atoms with Gasteiger partial charge in [0.25, 0.3) is 5.91 Å². The van der Waals surface area contributed by atoms with Gasteiger partial charge in [-0.3, -0.25) is 9.48 Å². The molecule has 1 aliphatic heterocycles. The van der Waals surface area contributed by atoms with E-state index in [4.69, 9.17) is 4.74 Å². The molecule has 0 aliphatic carbocycles. The molecule has 4 rings (SSSR count). The highest BCUT2D eigenvalue weighted by molar-refractivity contribution is 5.94. The van der Waals surface area contributed by atoms with Crippen LogP contribution in [-0.2, 0) is 19.7 Å². The fraction of sp³-hybridized carbons (Fsp3) is 0.238. The maximum absolute atomic E-state index is 13.1. The quantitative estimate of drug-likeness (QED) is 0.710. The monoisotopic (exact) mass is 365 g/mol. The van der Waals surface area contributed by atoms with E-state index in [1.54, 1.807) is 4.90 Å². The second kappa shape index (κ2) is 7.23. The van der Waals surface area contributed by atoms with Crippen LogP contribution in [0.25, 0.3) is 0 Å². The molecule has 3 aromatic rings. The van der Waals surface area contributed by atoms with Gasteiger partial charge < -0.3 is 9.64 Å². The van der Waals surface area contributed by atoms with Crippen molar-refractivity contribution in [3.8, 4) is 5.88 Å². The Morgan fingerprint density at radius 2 is 1.85 bits per heavy atom. The number of carbonyl (C=O) groups is 1. The highest BCUT2D eigenvalue weighted by atomic mass is 19.1. The van der Waals surface area contributed by atoms with E-state index in [1.165, 1.54) is 29.8 Å². The molecule has 0 N–H and O–H groups in total. The van der Waals surface area contributed by atoms with Crippen LogP contribution in [0.3, 0.4) is 0 Å². The van der Waals surface area contributed by atoms with Crippen LogP contribution in [0.15, 0.2) is 54.6 Å². The molecule has 1 amide bonds. The average Bonchev–Trinajstić information content (AvgIpc) is 3.09. The Morgan fingerprint density at radius 3 is 2.59 bits per heavy atom. The van der Waals surface area contributed by atoms with Gasteiger partial charge in [0.05, 0.1) is 18.8 Å². The molecule has 27 heavy (non-hydrogen) atoms. The summed E-state index contributed by atoms with van der Waals surface area (Å²) in [7, 11) is 0. The van der Waals surface area contributed by atoms with E-state index < -0.39 is 0 Å². The van der Waals surface area contributed by atoms with Gasteiger partial charge in [-0.05, 0) is 36.8 Å². The van der Waals surface area contributed by atoms with Crippen LogP contribution in [0.4, 0.5) is 4.39 Å². The second-order valence-corrected chi connectivity index (χ2v) is 6.70. The summed E-state index contributed by atoms with van der Waals surface area (Å²) in [6.07, 6.45) is 0. The number of rotatable bonds is 4. The number of halogens is 1. The number of carbonyl (C=O) groups excluding carboxylic acids is 1. The number of hydrogen-bond acceptors (Lipinski definition) is 3. The third-order valence-electron chi connectivity index (χ3n) is 4.66. The topological polar surface area (TPSA) is 47.4 Å². The number of aryl methyl sites for hydroxylation is 1. The summed E-state index contributed by atoms with van der Waals surface area (Å²) in [5.41, 5.74) is 3.71. The van der Waals surface area contributed by atoms with Crippen molar-refractivity contribution in [1.29, 1.82) is 0 Å². The molecule has 0 fully saturated rings. The lowest BCUT2D eigenvalue weighted by Crippen LogP contribution is -2.38. The maximum atomic E-state index is 13.1. The van der Waals surface area contributed by atoms with Gasteiger partial charge in [0.15, 0.2) is 0 Å². The van der Waals surface area contributed by atoms with E-state index in [2.05, 4.69) is 17.2 Å². The van der Waals surface area contributed by atoms with Crippen molar-refractivity contribution in [3.05, 3.63) is 82.8 Å². The number of amides is 1. The molecule has 0 atom stereocenters. The summed E-state index contributed by atoms with van der Waals surface area (Å²) in [6.45, 7) is 4.12. The maximum Gasteiger partial charge on any atom is 0.254 e. The Bertz CT molecular complexity index is 949. The number of aromatic nitrogens is 2. The van der Waals surface area contributed by atoms with Crippen molar-refractivity contribution in [3.63, 3.8) is 0 Å². The van der Waals surface area contributed by atoms with Crippen molar-refractivity contribution < 1.29 is 13.9 Å². The Kier molecular flexibility index (Phi) is 4.62. The van der Waals surface area contributed by atoms with E-state index in [0.29, 0.717) is 37.7 Å².